The number of carbonyl (C=O) groups is 1. The van der Waals surface area contributed by atoms with Crippen LogP contribution in [-0.4, -0.2) is 23.7 Å². The van der Waals surface area contributed by atoms with E-state index < -0.39 is 5.97 Å². The summed E-state index contributed by atoms with van der Waals surface area (Å²) in [6.45, 7) is 2.92. The molecule has 2 N–H and O–H groups in total. The Hall–Kier alpha value is -1.01. The molecule has 0 aliphatic heterocycles. The maximum atomic E-state index is 10.2. The quantitative estimate of drug-likeness (QED) is 0.459. The van der Waals surface area contributed by atoms with E-state index in [0.29, 0.717) is 0 Å². The van der Waals surface area contributed by atoms with Gasteiger partial charge in [-0.15, -0.1) is 6.42 Å². The van der Waals surface area contributed by atoms with Crippen LogP contribution in [0, 0.1) is 12.3 Å². The summed E-state index contributed by atoms with van der Waals surface area (Å²) in [5.41, 5.74) is 0. The van der Waals surface area contributed by atoms with Gasteiger partial charge in [-0.1, -0.05) is 19.3 Å². The van der Waals surface area contributed by atoms with E-state index in [1.165, 1.54) is 0 Å². The second kappa shape index (κ2) is 8.58. The first kappa shape index (κ1) is 13.0. The summed E-state index contributed by atoms with van der Waals surface area (Å²) in [6.07, 6.45) is 9.17. The zero-order chi connectivity index (χ0) is 10.8. The van der Waals surface area contributed by atoms with Crippen LogP contribution in [0.25, 0.3) is 0 Å². The van der Waals surface area contributed by atoms with Gasteiger partial charge in [-0.25, -0.2) is 0 Å². The summed E-state index contributed by atoms with van der Waals surface area (Å²) in [5.74, 6) is 1.94. The fourth-order valence-corrected chi connectivity index (χ4v) is 1.18. The molecule has 0 amide bonds. The minimum absolute atomic E-state index is 0.162. The molecule has 14 heavy (non-hydrogen) atoms. The van der Waals surface area contributed by atoms with E-state index in [-0.39, 0.29) is 12.5 Å². The van der Waals surface area contributed by atoms with Gasteiger partial charge in [0.05, 0.1) is 6.04 Å². The lowest BCUT2D eigenvalue weighted by atomic mass is 10.2. The predicted molar refractivity (Wildman–Crippen MR) is 57.0 cm³/mol. The summed E-state index contributed by atoms with van der Waals surface area (Å²) in [7, 11) is 0. The van der Waals surface area contributed by atoms with E-state index >= 15 is 0 Å². The highest BCUT2D eigenvalue weighted by atomic mass is 16.4. The van der Waals surface area contributed by atoms with Crippen LogP contribution in [-0.2, 0) is 4.79 Å². The van der Waals surface area contributed by atoms with E-state index in [1.807, 2.05) is 6.92 Å². The summed E-state index contributed by atoms with van der Waals surface area (Å²) in [5, 5.41) is 11.6. The van der Waals surface area contributed by atoms with Crippen molar-refractivity contribution >= 4 is 5.97 Å². The van der Waals surface area contributed by atoms with E-state index in [0.717, 1.165) is 32.2 Å². The molecule has 0 aromatic heterocycles. The normalized spacial score (nSPS) is 12.0. The monoisotopic (exact) mass is 197 g/mol. The third kappa shape index (κ3) is 7.63. The van der Waals surface area contributed by atoms with Gasteiger partial charge in [0.2, 0.25) is 0 Å². The molecular weight excluding hydrogens is 178 g/mol. The van der Waals surface area contributed by atoms with Gasteiger partial charge in [-0.2, -0.15) is 0 Å². The molecule has 0 aromatic rings. The molecule has 0 spiro atoms. The topological polar surface area (TPSA) is 49.3 Å². The van der Waals surface area contributed by atoms with Gasteiger partial charge >= 0.3 is 5.97 Å². The average molecular weight is 197 g/mol. The van der Waals surface area contributed by atoms with Crippen molar-refractivity contribution in [2.45, 2.75) is 45.1 Å². The molecule has 0 fully saturated rings. The lowest BCUT2D eigenvalue weighted by Crippen LogP contribution is -2.27. The standard InChI is InChI=1S/C11H19NO2/c1-3-10(4-2)12-9-7-5-6-8-11(13)14/h1,10,12H,4-9H2,2H3,(H,13,14). The molecule has 0 saturated heterocycles. The Morgan fingerprint density at radius 2 is 2.21 bits per heavy atom. The van der Waals surface area contributed by atoms with Crippen molar-refractivity contribution < 1.29 is 9.90 Å². The molecule has 0 rings (SSSR count). The highest BCUT2D eigenvalue weighted by molar-refractivity contribution is 5.66. The number of rotatable bonds is 8. The van der Waals surface area contributed by atoms with Gasteiger partial charge in [0.15, 0.2) is 0 Å². The van der Waals surface area contributed by atoms with Crippen LogP contribution >= 0.6 is 0 Å². The number of aliphatic carboxylic acids is 1. The van der Waals surface area contributed by atoms with Crippen molar-refractivity contribution in [2.75, 3.05) is 6.54 Å². The van der Waals surface area contributed by atoms with Crippen LogP contribution in [0.4, 0.5) is 0 Å². The first-order chi connectivity index (χ1) is 6.70. The zero-order valence-electron chi connectivity index (χ0n) is 8.75. The second-order valence-corrected chi connectivity index (χ2v) is 3.29. The lowest BCUT2D eigenvalue weighted by molar-refractivity contribution is -0.137. The molecule has 0 saturated carbocycles. The highest BCUT2D eigenvalue weighted by Gasteiger charge is 1.99. The van der Waals surface area contributed by atoms with Crippen molar-refractivity contribution in [3.8, 4) is 12.3 Å². The van der Waals surface area contributed by atoms with Gasteiger partial charge in [-0.3, -0.25) is 4.79 Å². The van der Waals surface area contributed by atoms with Crippen LogP contribution in [0.1, 0.15) is 39.0 Å². The van der Waals surface area contributed by atoms with Crippen molar-refractivity contribution in [3.05, 3.63) is 0 Å². The van der Waals surface area contributed by atoms with Crippen LogP contribution in [0.3, 0.4) is 0 Å². The van der Waals surface area contributed by atoms with Crippen molar-refractivity contribution in [1.29, 1.82) is 0 Å². The Bertz CT molecular complexity index is 196. The number of hydrogen-bond donors (Lipinski definition) is 2. The molecule has 3 nitrogen and oxygen atoms in total. The van der Waals surface area contributed by atoms with Crippen molar-refractivity contribution in [1.82, 2.24) is 5.32 Å². The summed E-state index contributed by atoms with van der Waals surface area (Å²) < 4.78 is 0. The average Bonchev–Trinajstić information content (AvgIpc) is 2.16. The van der Waals surface area contributed by atoms with E-state index in [4.69, 9.17) is 11.5 Å². The first-order valence-electron chi connectivity index (χ1n) is 5.12. The maximum absolute atomic E-state index is 10.2. The van der Waals surface area contributed by atoms with Gasteiger partial charge in [0.25, 0.3) is 0 Å². The number of hydrogen-bond acceptors (Lipinski definition) is 2. The molecule has 0 heterocycles. The van der Waals surface area contributed by atoms with Gasteiger partial charge in [0.1, 0.15) is 0 Å². The molecule has 80 valence electrons. The number of carboxylic acid groups (broad SMARTS) is 1. The second-order valence-electron chi connectivity index (χ2n) is 3.29. The fourth-order valence-electron chi connectivity index (χ4n) is 1.18. The minimum Gasteiger partial charge on any atom is -0.481 e. The molecule has 1 atom stereocenters. The molecule has 3 heteroatoms. The van der Waals surface area contributed by atoms with Crippen molar-refractivity contribution in [2.24, 2.45) is 0 Å². The maximum Gasteiger partial charge on any atom is 0.303 e. The third-order valence-corrected chi connectivity index (χ3v) is 2.07. The van der Waals surface area contributed by atoms with E-state index in [1.54, 1.807) is 0 Å². The number of carboxylic acids is 1. The largest absolute Gasteiger partial charge is 0.481 e. The molecule has 0 aliphatic rings. The third-order valence-electron chi connectivity index (χ3n) is 2.07. The molecule has 0 aromatic carbocycles. The predicted octanol–water partition coefficient (Wildman–Crippen LogP) is 1.63. The van der Waals surface area contributed by atoms with Gasteiger partial charge in [-0.05, 0) is 25.8 Å². The Morgan fingerprint density at radius 3 is 2.71 bits per heavy atom. The summed E-state index contributed by atoms with van der Waals surface area (Å²) in [4.78, 5) is 10.2. The smallest absolute Gasteiger partial charge is 0.303 e. The molecule has 0 radical (unpaired) electrons. The van der Waals surface area contributed by atoms with Gasteiger partial charge in [0, 0.05) is 6.42 Å². The molecule has 0 bridgehead atoms. The Balaban J connectivity index is 3.21. The van der Waals surface area contributed by atoms with Crippen LogP contribution in [0.5, 0.6) is 0 Å². The number of terminal acetylenes is 1. The fraction of sp³-hybridized carbons (Fsp3) is 0.727. The Morgan fingerprint density at radius 1 is 1.50 bits per heavy atom. The highest BCUT2D eigenvalue weighted by Crippen LogP contribution is 1.99. The molecular formula is C11H19NO2. The van der Waals surface area contributed by atoms with E-state index in [2.05, 4.69) is 11.2 Å². The molecule has 1 unspecified atom stereocenters. The number of unbranched alkanes of at least 4 members (excludes halogenated alkanes) is 2. The van der Waals surface area contributed by atoms with E-state index in [9.17, 15) is 4.79 Å². The first-order valence-corrected chi connectivity index (χ1v) is 5.12. The summed E-state index contributed by atoms with van der Waals surface area (Å²) >= 11 is 0. The van der Waals surface area contributed by atoms with Crippen LogP contribution in [0.15, 0.2) is 0 Å². The van der Waals surface area contributed by atoms with Crippen molar-refractivity contribution in [3.63, 3.8) is 0 Å². The summed E-state index contributed by atoms with van der Waals surface area (Å²) in [6, 6.07) is 0.162. The number of nitrogens with one attached hydrogen (secondary N) is 1. The zero-order valence-corrected chi connectivity index (χ0v) is 8.75. The molecule has 0 aliphatic carbocycles. The van der Waals surface area contributed by atoms with Gasteiger partial charge < -0.3 is 10.4 Å². The Labute approximate surface area is 85.9 Å². The Kier molecular flexibility index (Phi) is 7.96. The lowest BCUT2D eigenvalue weighted by Gasteiger charge is -2.09. The SMILES string of the molecule is C#CC(CC)NCCCCCC(=O)O. The van der Waals surface area contributed by atoms with Crippen LogP contribution < -0.4 is 5.32 Å². The minimum atomic E-state index is -0.715. The van der Waals surface area contributed by atoms with Crippen LogP contribution in [0.2, 0.25) is 0 Å².